The second kappa shape index (κ2) is 7.31. The highest BCUT2D eigenvalue weighted by Crippen LogP contribution is 2.31. The number of hydrogen-bond acceptors (Lipinski definition) is 0. The average molecular weight is 196 g/mol. The molecule has 0 bridgehead atoms. The summed E-state index contributed by atoms with van der Waals surface area (Å²) in [5, 5.41) is 0. The number of hydrogen-bond donors (Lipinski definition) is 0. The van der Waals surface area contributed by atoms with E-state index in [1.54, 1.807) is 0 Å². The SMILES string of the molecule is CCCC[C@@H](CC)CC1CCCCC1. The Kier molecular flexibility index (Phi) is 6.31. The van der Waals surface area contributed by atoms with E-state index in [1.807, 2.05) is 0 Å². The van der Waals surface area contributed by atoms with Crippen molar-refractivity contribution in [2.45, 2.75) is 78.1 Å². The molecule has 1 fully saturated rings. The van der Waals surface area contributed by atoms with Crippen LogP contribution in [0.15, 0.2) is 0 Å². The predicted octanol–water partition coefficient (Wildman–Crippen LogP) is 5.17. The van der Waals surface area contributed by atoms with Crippen LogP contribution in [0.2, 0.25) is 0 Å². The lowest BCUT2D eigenvalue weighted by atomic mass is 9.80. The molecule has 14 heavy (non-hydrogen) atoms. The molecule has 1 atom stereocenters. The van der Waals surface area contributed by atoms with Gasteiger partial charge in [0.1, 0.15) is 0 Å². The van der Waals surface area contributed by atoms with Crippen LogP contribution in [0.25, 0.3) is 0 Å². The van der Waals surface area contributed by atoms with Crippen molar-refractivity contribution in [3.05, 3.63) is 0 Å². The van der Waals surface area contributed by atoms with Gasteiger partial charge in [-0.05, 0) is 18.3 Å². The molecule has 0 aromatic rings. The Morgan fingerprint density at radius 2 is 1.79 bits per heavy atom. The molecule has 1 rings (SSSR count). The maximum absolute atomic E-state index is 2.38. The molecule has 0 heterocycles. The van der Waals surface area contributed by atoms with Crippen LogP contribution in [0.4, 0.5) is 0 Å². The van der Waals surface area contributed by atoms with Crippen molar-refractivity contribution in [1.82, 2.24) is 0 Å². The average Bonchev–Trinajstić information content (AvgIpc) is 2.25. The molecule has 1 aliphatic rings. The van der Waals surface area contributed by atoms with Gasteiger partial charge in [0.2, 0.25) is 0 Å². The Morgan fingerprint density at radius 1 is 1.07 bits per heavy atom. The van der Waals surface area contributed by atoms with Gasteiger partial charge in [-0.25, -0.2) is 0 Å². The van der Waals surface area contributed by atoms with Gasteiger partial charge in [-0.1, -0.05) is 71.6 Å². The van der Waals surface area contributed by atoms with Crippen molar-refractivity contribution in [2.24, 2.45) is 11.8 Å². The van der Waals surface area contributed by atoms with Crippen LogP contribution in [0, 0.1) is 11.8 Å². The fourth-order valence-electron chi connectivity index (χ4n) is 2.88. The van der Waals surface area contributed by atoms with Crippen LogP contribution in [0.3, 0.4) is 0 Å². The van der Waals surface area contributed by atoms with E-state index in [0.29, 0.717) is 0 Å². The summed E-state index contributed by atoms with van der Waals surface area (Å²) >= 11 is 0. The summed E-state index contributed by atoms with van der Waals surface area (Å²) in [6, 6.07) is 0. The second-order valence-electron chi connectivity index (χ2n) is 5.16. The van der Waals surface area contributed by atoms with Gasteiger partial charge in [0.15, 0.2) is 0 Å². The first-order chi connectivity index (χ1) is 6.86. The normalized spacial score (nSPS) is 21.0. The molecular formula is C14H28. The largest absolute Gasteiger partial charge is 0.0654 e. The monoisotopic (exact) mass is 196 g/mol. The topological polar surface area (TPSA) is 0 Å². The van der Waals surface area contributed by atoms with E-state index in [-0.39, 0.29) is 0 Å². The molecule has 0 aliphatic heterocycles. The van der Waals surface area contributed by atoms with E-state index in [4.69, 9.17) is 0 Å². The molecule has 0 unspecified atom stereocenters. The molecule has 0 N–H and O–H groups in total. The third kappa shape index (κ3) is 4.48. The Hall–Kier alpha value is 0. The van der Waals surface area contributed by atoms with Gasteiger partial charge in [-0.2, -0.15) is 0 Å². The van der Waals surface area contributed by atoms with Gasteiger partial charge >= 0.3 is 0 Å². The minimum absolute atomic E-state index is 1.04. The van der Waals surface area contributed by atoms with Crippen LogP contribution >= 0.6 is 0 Å². The lowest BCUT2D eigenvalue weighted by molar-refractivity contribution is 0.271. The summed E-state index contributed by atoms with van der Waals surface area (Å²) in [5.41, 5.74) is 0. The summed E-state index contributed by atoms with van der Waals surface area (Å²) in [6.07, 6.45) is 14.8. The molecule has 1 aliphatic carbocycles. The molecule has 0 aromatic carbocycles. The fraction of sp³-hybridized carbons (Fsp3) is 1.00. The lowest BCUT2D eigenvalue weighted by Crippen LogP contribution is -2.12. The summed E-state index contributed by atoms with van der Waals surface area (Å²) in [5.74, 6) is 2.13. The van der Waals surface area contributed by atoms with Gasteiger partial charge in [0.05, 0.1) is 0 Å². The Morgan fingerprint density at radius 3 is 2.36 bits per heavy atom. The molecule has 0 saturated heterocycles. The molecular weight excluding hydrogens is 168 g/mol. The summed E-state index contributed by atoms with van der Waals surface area (Å²) in [4.78, 5) is 0. The smallest absolute Gasteiger partial charge is 0.0412 e. The Balaban J connectivity index is 2.16. The number of rotatable bonds is 6. The van der Waals surface area contributed by atoms with E-state index >= 15 is 0 Å². The third-order valence-corrected chi connectivity index (χ3v) is 3.93. The Labute approximate surface area is 90.5 Å². The van der Waals surface area contributed by atoms with E-state index in [1.165, 1.54) is 64.2 Å². The zero-order chi connectivity index (χ0) is 10.2. The zero-order valence-corrected chi connectivity index (χ0v) is 10.2. The number of unbranched alkanes of at least 4 members (excludes halogenated alkanes) is 1. The summed E-state index contributed by atoms with van der Waals surface area (Å²) in [6.45, 7) is 4.69. The van der Waals surface area contributed by atoms with Gasteiger partial charge < -0.3 is 0 Å². The molecule has 0 aromatic heterocycles. The fourth-order valence-corrected chi connectivity index (χ4v) is 2.88. The van der Waals surface area contributed by atoms with E-state index in [0.717, 1.165) is 11.8 Å². The van der Waals surface area contributed by atoms with Crippen LogP contribution in [-0.2, 0) is 0 Å². The van der Waals surface area contributed by atoms with E-state index in [2.05, 4.69) is 13.8 Å². The quantitative estimate of drug-likeness (QED) is 0.549. The Bertz CT molecular complexity index is 122. The molecule has 0 amide bonds. The predicted molar refractivity (Wildman–Crippen MR) is 64.5 cm³/mol. The molecule has 0 heteroatoms. The molecule has 0 nitrogen and oxygen atoms in total. The first kappa shape index (κ1) is 12.1. The molecule has 0 radical (unpaired) electrons. The standard InChI is InChI=1S/C14H28/c1-3-5-9-13(4-2)12-14-10-7-6-8-11-14/h13-14H,3-12H2,1-2H3/t13-/m1/s1. The highest BCUT2D eigenvalue weighted by Gasteiger charge is 2.17. The van der Waals surface area contributed by atoms with E-state index < -0.39 is 0 Å². The van der Waals surface area contributed by atoms with Crippen molar-refractivity contribution in [3.8, 4) is 0 Å². The van der Waals surface area contributed by atoms with Crippen molar-refractivity contribution in [1.29, 1.82) is 0 Å². The third-order valence-electron chi connectivity index (χ3n) is 3.93. The van der Waals surface area contributed by atoms with Gasteiger partial charge in [0.25, 0.3) is 0 Å². The summed E-state index contributed by atoms with van der Waals surface area (Å²) < 4.78 is 0. The highest BCUT2D eigenvalue weighted by molar-refractivity contribution is 4.70. The van der Waals surface area contributed by atoms with Crippen molar-refractivity contribution < 1.29 is 0 Å². The molecule has 84 valence electrons. The van der Waals surface area contributed by atoms with Crippen molar-refractivity contribution in [2.75, 3.05) is 0 Å². The lowest BCUT2D eigenvalue weighted by Gasteiger charge is -2.25. The van der Waals surface area contributed by atoms with Gasteiger partial charge in [0, 0.05) is 0 Å². The first-order valence-electron chi connectivity index (χ1n) is 6.86. The van der Waals surface area contributed by atoms with Crippen molar-refractivity contribution >= 4 is 0 Å². The maximum Gasteiger partial charge on any atom is -0.0412 e. The highest BCUT2D eigenvalue weighted by atomic mass is 14.2. The molecule has 1 saturated carbocycles. The van der Waals surface area contributed by atoms with Crippen LogP contribution in [0.1, 0.15) is 78.1 Å². The minimum Gasteiger partial charge on any atom is -0.0654 e. The summed E-state index contributed by atoms with van der Waals surface area (Å²) in [7, 11) is 0. The first-order valence-corrected chi connectivity index (χ1v) is 6.86. The molecule has 0 spiro atoms. The zero-order valence-electron chi connectivity index (χ0n) is 10.2. The minimum atomic E-state index is 1.04. The van der Waals surface area contributed by atoms with Crippen LogP contribution in [0.5, 0.6) is 0 Å². The second-order valence-corrected chi connectivity index (χ2v) is 5.16. The van der Waals surface area contributed by atoms with Gasteiger partial charge in [-0.3, -0.25) is 0 Å². The van der Waals surface area contributed by atoms with E-state index in [9.17, 15) is 0 Å². The van der Waals surface area contributed by atoms with Crippen molar-refractivity contribution in [3.63, 3.8) is 0 Å². The van der Waals surface area contributed by atoms with Gasteiger partial charge in [-0.15, -0.1) is 0 Å². The van der Waals surface area contributed by atoms with Crippen LogP contribution in [-0.4, -0.2) is 0 Å². The maximum atomic E-state index is 2.38. The van der Waals surface area contributed by atoms with Crippen LogP contribution < -0.4 is 0 Å².